The van der Waals surface area contributed by atoms with Crippen LogP contribution in [0.5, 0.6) is 0 Å². The van der Waals surface area contributed by atoms with E-state index < -0.39 is 0 Å². The van der Waals surface area contributed by atoms with Crippen LogP contribution in [0.3, 0.4) is 0 Å². The maximum absolute atomic E-state index is 6.05. The van der Waals surface area contributed by atoms with Crippen LogP contribution in [0.25, 0.3) is 11.3 Å². The zero-order valence-corrected chi connectivity index (χ0v) is 14.9. The third kappa shape index (κ3) is 3.68. The molecule has 0 amide bonds. The smallest absolute Gasteiger partial charge is 0.0895 e. The lowest BCUT2D eigenvalue weighted by atomic mass is 9.91. The minimum absolute atomic E-state index is 0.118. The third-order valence-electron chi connectivity index (χ3n) is 4.89. The highest BCUT2D eigenvalue weighted by atomic mass is 16.5. The second kappa shape index (κ2) is 7.80. The summed E-state index contributed by atoms with van der Waals surface area (Å²) in [5.74, 6) is 0.446. The van der Waals surface area contributed by atoms with Crippen molar-refractivity contribution >= 4 is 0 Å². The van der Waals surface area contributed by atoms with Gasteiger partial charge < -0.3 is 10.1 Å². The Morgan fingerprint density at radius 3 is 3.12 bits per heavy atom. The standard InChI is InChI=1S/C19H24N6O/c1-25-13-17(12-23-25)19-15(5-3-7-26-19)9-21-10-16-11-22-24-18(16)14-4-2-6-20-8-14/h2,4,6,8,11-13,15,19,21H,3,5,7,9-10H2,1H3,(H,22,24)/t15-,19+/m0/s1. The Hall–Kier alpha value is -2.51. The molecule has 0 spiro atoms. The molecule has 1 aliphatic heterocycles. The number of nitrogens with zero attached hydrogens (tertiary/aromatic N) is 4. The molecule has 2 N–H and O–H groups in total. The molecule has 0 unspecified atom stereocenters. The summed E-state index contributed by atoms with van der Waals surface area (Å²) in [7, 11) is 1.94. The van der Waals surface area contributed by atoms with E-state index in [2.05, 4.69) is 31.8 Å². The molecule has 4 rings (SSSR count). The van der Waals surface area contributed by atoms with Gasteiger partial charge in [0.2, 0.25) is 0 Å². The van der Waals surface area contributed by atoms with E-state index in [1.807, 2.05) is 42.5 Å². The number of hydrogen-bond donors (Lipinski definition) is 2. The van der Waals surface area contributed by atoms with Crippen molar-refractivity contribution in [2.45, 2.75) is 25.5 Å². The van der Waals surface area contributed by atoms with Crippen LogP contribution in [0.4, 0.5) is 0 Å². The second-order valence-electron chi connectivity index (χ2n) is 6.78. The van der Waals surface area contributed by atoms with Crippen molar-refractivity contribution in [2.75, 3.05) is 13.2 Å². The van der Waals surface area contributed by atoms with Gasteiger partial charge in [0.25, 0.3) is 0 Å². The Labute approximate surface area is 152 Å². The minimum Gasteiger partial charge on any atom is -0.373 e. The molecule has 0 aliphatic carbocycles. The number of ether oxygens (including phenoxy) is 1. The number of hydrogen-bond acceptors (Lipinski definition) is 5. The van der Waals surface area contributed by atoms with Crippen molar-refractivity contribution in [3.8, 4) is 11.3 Å². The molecule has 0 radical (unpaired) electrons. The summed E-state index contributed by atoms with van der Waals surface area (Å²) in [4.78, 5) is 4.19. The maximum atomic E-state index is 6.05. The van der Waals surface area contributed by atoms with E-state index in [-0.39, 0.29) is 6.10 Å². The predicted octanol–water partition coefficient (Wildman–Crippen LogP) is 2.46. The van der Waals surface area contributed by atoms with E-state index >= 15 is 0 Å². The normalized spacial score (nSPS) is 20.3. The van der Waals surface area contributed by atoms with Gasteiger partial charge >= 0.3 is 0 Å². The van der Waals surface area contributed by atoms with Crippen LogP contribution < -0.4 is 5.32 Å². The average molecular weight is 352 g/mol. The summed E-state index contributed by atoms with van der Waals surface area (Å²) >= 11 is 0. The van der Waals surface area contributed by atoms with Crippen molar-refractivity contribution in [2.24, 2.45) is 13.0 Å². The van der Waals surface area contributed by atoms with Crippen molar-refractivity contribution in [3.63, 3.8) is 0 Å². The summed E-state index contributed by atoms with van der Waals surface area (Å²) in [6.45, 7) is 2.48. The molecule has 1 saturated heterocycles. The van der Waals surface area contributed by atoms with Crippen LogP contribution in [0.15, 0.2) is 43.1 Å². The number of nitrogens with one attached hydrogen (secondary N) is 2. The summed E-state index contributed by atoms with van der Waals surface area (Å²) in [6, 6.07) is 3.97. The van der Waals surface area contributed by atoms with E-state index in [9.17, 15) is 0 Å². The molecule has 4 heterocycles. The molecule has 7 nitrogen and oxygen atoms in total. The minimum atomic E-state index is 0.118. The highest BCUT2D eigenvalue weighted by Gasteiger charge is 2.28. The Kier molecular flexibility index (Phi) is 5.08. The second-order valence-corrected chi connectivity index (χ2v) is 6.78. The van der Waals surface area contributed by atoms with E-state index in [4.69, 9.17) is 4.74 Å². The molecule has 0 bridgehead atoms. The largest absolute Gasteiger partial charge is 0.373 e. The Morgan fingerprint density at radius 1 is 1.35 bits per heavy atom. The molecular weight excluding hydrogens is 328 g/mol. The van der Waals surface area contributed by atoms with E-state index in [0.29, 0.717) is 5.92 Å². The zero-order valence-electron chi connectivity index (χ0n) is 14.9. The van der Waals surface area contributed by atoms with Crippen LogP contribution in [-0.4, -0.2) is 38.1 Å². The molecule has 7 heteroatoms. The molecule has 136 valence electrons. The van der Waals surface area contributed by atoms with Crippen LogP contribution >= 0.6 is 0 Å². The number of H-pyrrole nitrogens is 1. The van der Waals surface area contributed by atoms with Gasteiger partial charge in [-0.3, -0.25) is 14.8 Å². The number of pyridine rings is 1. The molecule has 3 aromatic heterocycles. The van der Waals surface area contributed by atoms with Crippen molar-refractivity contribution < 1.29 is 4.74 Å². The van der Waals surface area contributed by atoms with Crippen molar-refractivity contribution in [1.82, 2.24) is 30.3 Å². The van der Waals surface area contributed by atoms with Gasteiger partial charge in [0, 0.05) is 67.9 Å². The predicted molar refractivity (Wildman–Crippen MR) is 98.2 cm³/mol. The summed E-state index contributed by atoms with van der Waals surface area (Å²) in [5, 5.41) is 15.2. The first-order chi connectivity index (χ1) is 12.8. The summed E-state index contributed by atoms with van der Waals surface area (Å²) < 4.78 is 7.89. The molecule has 2 atom stereocenters. The topological polar surface area (TPSA) is 80.6 Å². The lowest BCUT2D eigenvalue weighted by Crippen LogP contribution is -2.31. The number of aromatic nitrogens is 5. The van der Waals surface area contributed by atoms with E-state index in [0.717, 1.165) is 49.4 Å². The zero-order chi connectivity index (χ0) is 17.8. The fourth-order valence-corrected chi connectivity index (χ4v) is 3.61. The molecule has 0 saturated carbocycles. The van der Waals surface area contributed by atoms with Crippen molar-refractivity contribution in [1.29, 1.82) is 0 Å². The first-order valence-electron chi connectivity index (χ1n) is 9.05. The lowest BCUT2D eigenvalue weighted by molar-refractivity contribution is -0.0279. The number of rotatable bonds is 6. The molecule has 0 aromatic carbocycles. The fourth-order valence-electron chi connectivity index (χ4n) is 3.61. The summed E-state index contributed by atoms with van der Waals surface area (Å²) in [5.41, 5.74) is 4.39. The van der Waals surface area contributed by atoms with Crippen LogP contribution in [0.1, 0.15) is 30.1 Å². The monoisotopic (exact) mass is 352 g/mol. The van der Waals surface area contributed by atoms with E-state index in [1.54, 1.807) is 6.20 Å². The third-order valence-corrected chi connectivity index (χ3v) is 4.89. The van der Waals surface area contributed by atoms with Gasteiger partial charge in [-0.2, -0.15) is 10.2 Å². The Balaban J connectivity index is 1.39. The lowest BCUT2D eigenvalue weighted by Gasteiger charge is -2.31. The SMILES string of the molecule is Cn1cc([C@@H]2OCCC[C@H]2CNCc2cn[nH]c2-c2cccnc2)cn1. The number of aromatic amines is 1. The van der Waals surface area contributed by atoms with Crippen LogP contribution in [0.2, 0.25) is 0 Å². The highest BCUT2D eigenvalue weighted by Crippen LogP contribution is 2.33. The van der Waals surface area contributed by atoms with Gasteiger partial charge in [0.15, 0.2) is 0 Å². The van der Waals surface area contributed by atoms with Gasteiger partial charge in [-0.15, -0.1) is 0 Å². The molecule has 3 aromatic rings. The van der Waals surface area contributed by atoms with Crippen LogP contribution in [-0.2, 0) is 18.3 Å². The van der Waals surface area contributed by atoms with Crippen molar-refractivity contribution in [3.05, 3.63) is 54.2 Å². The molecule has 1 aliphatic rings. The van der Waals surface area contributed by atoms with Crippen LogP contribution in [0, 0.1) is 5.92 Å². The molecular formula is C19H24N6O. The van der Waals surface area contributed by atoms with E-state index in [1.165, 1.54) is 5.56 Å². The maximum Gasteiger partial charge on any atom is 0.0895 e. The first-order valence-corrected chi connectivity index (χ1v) is 9.05. The highest BCUT2D eigenvalue weighted by molar-refractivity contribution is 5.61. The number of aryl methyl sites for hydroxylation is 1. The quantitative estimate of drug-likeness (QED) is 0.712. The molecule has 1 fully saturated rings. The Bertz CT molecular complexity index is 827. The van der Waals surface area contributed by atoms with Gasteiger partial charge in [-0.25, -0.2) is 0 Å². The molecule has 26 heavy (non-hydrogen) atoms. The van der Waals surface area contributed by atoms with Gasteiger partial charge in [-0.05, 0) is 25.0 Å². The first kappa shape index (κ1) is 16.9. The average Bonchev–Trinajstić information content (AvgIpc) is 3.32. The fraction of sp³-hybridized carbons (Fsp3) is 0.421. The van der Waals surface area contributed by atoms with Gasteiger partial charge in [0.1, 0.15) is 0 Å². The summed E-state index contributed by atoms with van der Waals surface area (Å²) in [6.07, 6.45) is 11.9. The Morgan fingerprint density at radius 2 is 2.31 bits per heavy atom. The van der Waals surface area contributed by atoms with Gasteiger partial charge in [-0.1, -0.05) is 0 Å². The van der Waals surface area contributed by atoms with Gasteiger partial charge in [0.05, 0.1) is 24.2 Å².